The zero-order valence-corrected chi connectivity index (χ0v) is 14.3. The van der Waals surface area contributed by atoms with Crippen LogP contribution >= 0.6 is 0 Å². The van der Waals surface area contributed by atoms with E-state index in [9.17, 15) is 5.11 Å². The van der Waals surface area contributed by atoms with Crippen LogP contribution in [0.5, 0.6) is 0 Å². The zero-order valence-electron chi connectivity index (χ0n) is 14.3. The number of aliphatic hydroxyl groups is 1. The van der Waals surface area contributed by atoms with Crippen molar-refractivity contribution >= 4 is 0 Å². The quantitative estimate of drug-likeness (QED) is 0.818. The highest BCUT2D eigenvalue weighted by atomic mass is 16.3. The molecule has 0 aromatic rings. The van der Waals surface area contributed by atoms with Crippen molar-refractivity contribution in [3.05, 3.63) is 0 Å². The minimum absolute atomic E-state index is 0.0391. The molecule has 2 fully saturated rings. The van der Waals surface area contributed by atoms with Gasteiger partial charge in [-0.1, -0.05) is 41.0 Å². The van der Waals surface area contributed by atoms with Crippen molar-refractivity contribution in [3.63, 3.8) is 0 Å². The Bertz CT molecular complexity index is 344. The van der Waals surface area contributed by atoms with Gasteiger partial charge in [0.1, 0.15) is 0 Å². The lowest BCUT2D eigenvalue weighted by atomic mass is 9.52. The molecule has 20 heavy (non-hydrogen) atoms. The molecule has 2 saturated carbocycles. The maximum atomic E-state index is 11.6. The molecule has 0 radical (unpaired) electrons. The summed E-state index contributed by atoms with van der Waals surface area (Å²) < 4.78 is 0. The van der Waals surface area contributed by atoms with Crippen LogP contribution in [0.2, 0.25) is 0 Å². The third-order valence-electron chi connectivity index (χ3n) is 6.16. The fraction of sp³-hybridized carbons (Fsp3) is 1.00. The van der Waals surface area contributed by atoms with E-state index in [1.165, 1.54) is 19.3 Å². The third kappa shape index (κ3) is 2.78. The van der Waals surface area contributed by atoms with Gasteiger partial charge in [-0.2, -0.15) is 0 Å². The Morgan fingerprint density at radius 3 is 2.00 bits per heavy atom. The van der Waals surface area contributed by atoms with Crippen molar-refractivity contribution in [2.45, 2.75) is 85.2 Å². The van der Waals surface area contributed by atoms with E-state index in [0.717, 1.165) is 31.6 Å². The van der Waals surface area contributed by atoms with Crippen LogP contribution in [0, 0.1) is 22.2 Å². The molecule has 0 aromatic carbocycles. The maximum Gasteiger partial charge on any atom is 0.0726 e. The van der Waals surface area contributed by atoms with Crippen LogP contribution in [0.15, 0.2) is 0 Å². The first kappa shape index (κ1) is 16.3. The van der Waals surface area contributed by atoms with Gasteiger partial charge in [-0.15, -0.1) is 0 Å². The van der Waals surface area contributed by atoms with Crippen molar-refractivity contribution in [2.24, 2.45) is 27.9 Å². The van der Waals surface area contributed by atoms with Crippen molar-refractivity contribution < 1.29 is 5.11 Å². The van der Waals surface area contributed by atoms with Crippen LogP contribution < -0.4 is 5.73 Å². The second-order valence-corrected chi connectivity index (χ2v) is 9.39. The largest absolute Gasteiger partial charge is 0.389 e. The maximum absolute atomic E-state index is 11.6. The molecule has 2 unspecified atom stereocenters. The molecule has 3 N–H and O–H groups in total. The minimum atomic E-state index is -0.572. The molecule has 0 aliphatic heterocycles. The van der Waals surface area contributed by atoms with E-state index >= 15 is 0 Å². The van der Waals surface area contributed by atoms with E-state index in [1.807, 2.05) is 0 Å². The van der Waals surface area contributed by atoms with Gasteiger partial charge >= 0.3 is 0 Å². The lowest BCUT2D eigenvalue weighted by molar-refractivity contribution is -0.161. The Kier molecular flexibility index (Phi) is 4.06. The van der Waals surface area contributed by atoms with Gasteiger partial charge in [-0.3, -0.25) is 0 Å². The molecule has 0 saturated heterocycles. The predicted molar refractivity (Wildman–Crippen MR) is 85.5 cm³/mol. The Balaban J connectivity index is 2.32. The normalized spacial score (nSPS) is 38.9. The average Bonchev–Trinajstić information content (AvgIpc) is 2.69. The smallest absolute Gasteiger partial charge is 0.0726 e. The second-order valence-electron chi connectivity index (χ2n) is 9.39. The van der Waals surface area contributed by atoms with Crippen LogP contribution in [0.4, 0.5) is 0 Å². The third-order valence-corrected chi connectivity index (χ3v) is 6.16. The van der Waals surface area contributed by atoms with Crippen LogP contribution in [0.1, 0.15) is 79.6 Å². The van der Waals surface area contributed by atoms with E-state index < -0.39 is 5.60 Å². The summed E-state index contributed by atoms with van der Waals surface area (Å²) in [7, 11) is 0. The molecule has 2 rings (SSSR count). The fourth-order valence-electron chi connectivity index (χ4n) is 5.82. The first-order valence-electron chi connectivity index (χ1n) is 8.50. The van der Waals surface area contributed by atoms with E-state index in [2.05, 4.69) is 34.6 Å². The molecule has 0 aromatic heterocycles. The van der Waals surface area contributed by atoms with Gasteiger partial charge in [0.25, 0.3) is 0 Å². The highest BCUT2D eigenvalue weighted by Gasteiger charge is 2.58. The zero-order chi connectivity index (χ0) is 15.2. The molecule has 2 nitrogen and oxygen atoms in total. The van der Waals surface area contributed by atoms with E-state index in [1.54, 1.807) is 0 Å². The molecule has 0 bridgehead atoms. The van der Waals surface area contributed by atoms with Gasteiger partial charge in [0.05, 0.1) is 5.60 Å². The summed E-state index contributed by atoms with van der Waals surface area (Å²) in [5.41, 5.74) is 6.03. The van der Waals surface area contributed by atoms with Crippen molar-refractivity contribution in [3.8, 4) is 0 Å². The second kappa shape index (κ2) is 4.98. The molecular formula is C18H35NO. The average molecular weight is 281 g/mol. The summed E-state index contributed by atoms with van der Waals surface area (Å²) in [5.74, 6) is 0.760. The SMILES string of the molecule is CCC1CCC(CN)(C2(O)CC(C)(C)CC(C)(C)C2)C1. The Morgan fingerprint density at radius 1 is 1.05 bits per heavy atom. The van der Waals surface area contributed by atoms with Crippen LogP contribution in [0.25, 0.3) is 0 Å². The molecular weight excluding hydrogens is 246 g/mol. The standard InChI is InChI=1S/C18H35NO/c1-6-14-7-8-17(9-14,13-19)18(20)11-15(2,3)10-16(4,5)12-18/h14,20H,6-13,19H2,1-5H3. The topological polar surface area (TPSA) is 46.2 Å². The molecule has 0 amide bonds. The molecule has 0 heterocycles. The van der Waals surface area contributed by atoms with Gasteiger partial charge in [-0.25, -0.2) is 0 Å². The van der Waals surface area contributed by atoms with Crippen molar-refractivity contribution in [1.29, 1.82) is 0 Å². The van der Waals surface area contributed by atoms with Gasteiger partial charge in [0.15, 0.2) is 0 Å². The van der Waals surface area contributed by atoms with Gasteiger partial charge in [0.2, 0.25) is 0 Å². The number of rotatable bonds is 3. The first-order chi connectivity index (χ1) is 9.07. The van der Waals surface area contributed by atoms with Crippen LogP contribution in [0.3, 0.4) is 0 Å². The van der Waals surface area contributed by atoms with Crippen LogP contribution in [-0.2, 0) is 0 Å². The number of hydrogen-bond donors (Lipinski definition) is 2. The van der Waals surface area contributed by atoms with Crippen molar-refractivity contribution in [1.82, 2.24) is 0 Å². The van der Waals surface area contributed by atoms with Crippen LogP contribution in [-0.4, -0.2) is 17.3 Å². The fourth-order valence-corrected chi connectivity index (χ4v) is 5.82. The van der Waals surface area contributed by atoms with E-state index in [0.29, 0.717) is 6.54 Å². The molecule has 2 aliphatic carbocycles. The number of nitrogens with two attached hydrogens (primary N) is 1. The Labute approximate surface area is 125 Å². The molecule has 0 spiro atoms. The Hall–Kier alpha value is -0.0800. The molecule has 2 aliphatic rings. The van der Waals surface area contributed by atoms with Gasteiger partial charge in [0, 0.05) is 12.0 Å². The van der Waals surface area contributed by atoms with Gasteiger partial charge in [-0.05, 0) is 55.3 Å². The Morgan fingerprint density at radius 2 is 1.60 bits per heavy atom. The summed E-state index contributed by atoms with van der Waals surface area (Å²) in [6.07, 6.45) is 7.74. The monoisotopic (exact) mass is 281 g/mol. The highest BCUT2D eigenvalue weighted by molar-refractivity contribution is 5.10. The van der Waals surface area contributed by atoms with E-state index in [-0.39, 0.29) is 16.2 Å². The van der Waals surface area contributed by atoms with E-state index in [4.69, 9.17) is 5.73 Å². The molecule has 118 valence electrons. The molecule has 2 atom stereocenters. The van der Waals surface area contributed by atoms with Gasteiger partial charge < -0.3 is 10.8 Å². The minimum Gasteiger partial charge on any atom is -0.389 e. The molecule has 2 heteroatoms. The highest BCUT2D eigenvalue weighted by Crippen LogP contribution is 2.60. The summed E-state index contributed by atoms with van der Waals surface area (Å²) >= 11 is 0. The lowest BCUT2D eigenvalue weighted by Gasteiger charge is -2.56. The summed E-state index contributed by atoms with van der Waals surface area (Å²) in [4.78, 5) is 0. The summed E-state index contributed by atoms with van der Waals surface area (Å²) in [6.45, 7) is 12.2. The predicted octanol–water partition coefficient (Wildman–Crippen LogP) is 4.11. The number of hydrogen-bond acceptors (Lipinski definition) is 2. The summed E-state index contributed by atoms with van der Waals surface area (Å²) in [6, 6.07) is 0. The summed E-state index contributed by atoms with van der Waals surface area (Å²) in [5, 5.41) is 11.6. The first-order valence-corrected chi connectivity index (χ1v) is 8.50. The van der Waals surface area contributed by atoms with Crippen molar-refractivity contribution in [2.75, 3.05) is 6.54 Å². The lowest BCUT2D eigenvalue weighted by Crippen LogP contribution is -2.58.